The SMILES string of the molecule is O=S(=O)(c1ccccc1F)N1CCC(c2nc3ccc(-c4ccncc4)cn3n2)CC1. The van der Waals surface area contributed by atoms with Gasteiger partial charge in [-0.05, 0) is 54.8 Å². The second-order valence-corrected chi connectivity index (χ2v) is 9.44. The minimum atomic E-state index is -3.85. The number of rotatable bonds is 4. The number of sulfonamides is 1. The molecule has 9 heteroatoms. The molecule has 0 unspecified atom stereocenters. The van der Waals surface area contributed by atoms with Crippen molar-refractivity contribution in [2.24, 2.45) is 0 Å². The second-order valence-electron chi connectivity index (χ2n) is 7.54. The zero-order chi connectivity index (χ0) is 21.4. The molecule has 3 aromatic heterocycles. The fourth-order valence-corrected chi connectivity index (χ4v) is 5.47. The van der Waals surface area contributed by atoms with Gasteiger partial charge in [-0.3, -0.25) is 4.98 Å². The molecule has 1 aromatic carbocycles. The maximum absolute atomic E-state index is 14.0. The van der Waals surface area contributed by atoms with E-state index in [1.54, 1.807) is 16.9 Å². The van der Waals surface area contributed by atoms with Crippen LogP contribution in [0.2, 0.25) is 0 Å². The number of nitrogens with zero attached hydrogens (tertiary/aromatic N) is 5. The summed E-state index contributed by atoms with van der Waals surface area (Å²) in [5.74, 6) is 0.0304. The van der Waals surface area contributed by atoms with Crippen LogP contribution in [0.4, 0.5) is 4.39 Å². The molecule has 1 saturated heterocycles. The second kappa shape index (κ2) is 7.82. The van der Waals surface area contributed by atoms with Crippen molar-refractivity contribution in [3.63, 3.8) is 0 Å². The fourth-order valence-electron chi connectivity index (χ4n) is 3.94. The van der Waals surface area contributed by atoms with Crippen molar-refractivity contribution >= 4 is 15.7 Å². The van der Waals surface area contributed by atoms with E-state index in [1.807, 2.05) is 30.5 Å². The predicted molar refractivity (Wildman–Crippen MR) is 113 cm³/mol. The van der Waals surface area contributed by atoms with Crippen molar-refractivity contribution in [1.29, 1.82) is 0 Å². The molecular formula is C22H20FN5O2S. The average Bonchev–Trinajstić information content (AvgIpc) is 3.23. The molecule has 0 radical (unpaired) electrons. The van der Waals surface area contributed by atoms with E-state index in [1.165, 1.54) is 28.6 Å². The van der Waals surface area contributed by atoms with Crippen molar-refractivity contribution in [3.05, 3.63) is 78.8 Å². The molecule has 1 aliphatic heterocycles. The molecule has 0 saturated carbocycles. The van der Waals surface area contributed by atoms with E-state index in [0.717, 1.165) is 16.8 Å². The maximum atomic E-state index is 14.0. The number of pyridine rings is 2. The van der Waals surface area contributed by atoms with Crippen LogP contribution < -0.4 is 0 Å². The van der Waals surface area contributed by atoms with Gasteiger partial charge in [-0.15, -0.1) is 0 Å². The minimum Gasteiger partial charge on any atom is -0.265 e. The molecule has 0 N–H and O–H groups in total. The van der Waals surface area contributed by atoms with Gasteiger partial charge in [0.25, 0.3) is 0 Å². The van der Waals surface area contributed by atoms with Crippen molar-refractivity contribution in [2.75, 3.05) is 13.1 Å². The van der Waals surface area contributed by atoms with Gasteiger partial charge in [-0.1, -0.05) is 12.1 Å². The van der Waals surface area contributed by atoms with Crippen LogP contribution in [-0.2, 0) is 10.0 Å². The number of hydrogen-bond donors (Lipinski definition) is 0. The molecule has 158 valence electrons. The quantitative estimate of drug-likeness (QED) is 0.488. The number of hydrogen-bond acceptors (Lipinski definition) is 5. The Morgan fingerprint density at radius 1 is 0.935 bits per heavy atom. The third-order valence-electron chi connectivity index (χ3n) is 5.63. The molecule has 1 fully saturated rings. The fraction of sp³-hybridized carbons (Fsp3) is 0.227. The Hall–Kier alpha value is -3.17. The monoisotopic (exact) mass is 437 g/mol. The van der Waals surface area contributed by atoms with Gasteiger partial charge in [0.2, 0.25) is 10.0 Å². The van der Waals surface area contributed by atoms with Crippen molar-refractivity contribution < 1.29 is 12.8 Å². The average molecular weight is 438 g/mol. The van der Waals surface area contributed by atoms with Gasteiger partial charge >= 0.3 is 0 Å². The van der Waals surface area contributed by atoms with Crippen molar-refractivity contribution in [3.8, 4) is 11.1 Å². The zero-order valence-electron chi connectivity index (χ0n) is 16.6. The Bertz CT molecular complexity index is 1330. The maximum Gasteiger partial charge on any atom is 0.245 e. The van der Waals surface area contributed by atoms with Crippen LogP contribution in [-0.4, -0.2) is 45.4 Å². The van der Waals surface area contributed by atoms with Gasteiger partial charge in [0, 0.05) is 43.2 Å². The van der Waals surface area contributed by atoms with Crippen LogP contribution in [0, 0.1) is 5.82 Å². The van der Waals surface area contributed by atoms with Crippen LogP contribution in [0.5, 0.6) is 0 Å². The Morgan fingerprint density at radius 2 is 1.68 bits per heavy atom. The van der Waals surface area contributed by atoms with E-state index < -0.39 is 15.8 Å². The minimum absolute atomic E-state index is 0.0522. The lowest BCUT2D eigenvalue weighted by atomic mass is 9.98. The van der Waals surface area contributed by atoms with Gasteiger partial charge in [0.05, 0.1) is 0 Å². The van der Waals surface area contributed by atoms with E-state index in [4.69, 9.17) is 0 Å². The van der Waals surface area contributed by atoms with E-state index in [2.05, 4.69) is 15.1 Å². The molecule has 0 atom stereocenters. The number of halogens is 1. The Labute approximate surface area is 179 Å². The molecule has 0 amide bonds. The number of aromatic nitrogens is 4. The third kappa shape index (κ3) is 3.70. The van der Waals surface area contributed by atoms with Crippen LogP contribution in [0.15, 0.2) is 72.0 Å². The number of fused-ring (bicyclic) bond motifs is 1. The lowest BCUT2D eigenvalue weighted by Crippen LogP contribution is -2.38. The van der Waals surface area contributed by atoms with E-state index in [0.29, 0.717) is 31.8 Å². The highest BCUT2D eigenvalue weighted by atomic mass is 32.2. The van der Waals surface area contributed by atoms with E-state index in [9.17, 15) is 12.8 Å². The highest BCUT2D eigenvalue weighted by molar-refractivity contribution is 7.89. The lowest BCUT2D eigenvalue weighted by Gasteiger charge is -2.30. The van der Waals surface area contributed by atoms with Gasteiger partial charge in [-0.25, -0.2) is 22.3 Å². The summed E-state index contributed by atoms with van der Waals surface area (Å²) in [5, 5.41) is 4.64. The number of piperidine rings is 1. The summed E-state index contributed by atoms with van der Waals surface area (Å²) in [5.41, 5.74) is 2.80. The molecule has 4 heterocycles. The van der Waals surface area contributed by atoms with E-state index in [-0.39, 0.29) is 10.8 Å². The highest BCUT2D eigenvalue weighted by Gasteiger charge is 2.32. The Kier molecular flexibility index (Phi) is 4.99. The van der Waals surface area contributed by atoms with Crippen LogP contribution in [0.1, 0.15) is 24.6 Å². The zero-order valence-corrected chi connectivity index (χ0v) is 17.4. The lowest BCUT2D eigenvalue weighted by molar-refractivity contribution is 0.312. The van der Waals surface area contributed by atoms with Gasteiger partial charge in [-0.2, -0.15) is 9.40 Å². The molecule has 7 nitrogen and oxygen atoms in total. The first kappa shape index (κ1) is 19.8. The Balaban J connectivity index is 1.34. The molecule has 31 heavy (non-hydrogen) atoms. The summed E-state index contributed by atoms with van der Waals surface area (Å²) < 4.78 is 42.7. The van der Waals surface area contributed by atoms with Crippen LogP contribution >= 0.6 is 0 Å². The van der Waals surface area contributed by atoms with Gasteiger partial charge < -0.3 is 0 Å². The number of benzene rings is 1. The van der Waals surface area contributed by atoms with Crippen LogP contribution in [0.3, 0.4) is 0 Å². The summed E-state index contributed by atoms with van der Waals surface area (Å²) in [6.45, 7) is 0.609. The standard InChI is InChI=1S/C22H20FN5O2S/c23-19-3-1-2-4-20(19)31(29,30)27-13-9-17(10-14-27)22-25-21-6-5-18(15-28(21)26-22)16-7-11-24-12-8-16/h1-8,11-12,15,17H,9-10,13-14H2. The predicted octanol–water partition coefficient (Wildman–Crippen LogP) is 3.50. The highest BCUT2D eigenvalue weighted by Crippen LogP contribution is 2.30. The topological polar surface area (TPSA) is 80.5 Å². The smallest absolute Gasteiger partial charge is 0.245 e. The Morgan fingerprint density at radius 3 is 2.42 bits per heavy atom. The van der Waals surface area contributed by atoms with E-state index >= 15 is 0 Å². The molecular weight excluding hydrogens is 417 g/mol. The van der Waals surface area contributed by atoms with Crippen molar-refractivity contribution in [2.45, 2.75) is 23.7 Å². The summed E-state index contributed by atoms with van der Waals surface area (Å²) in [7, 11) is -3.85. The molecule has 0 aliphatic carbocycles. The van der Waals surface area contributed by atoms with Crippen molar-refractivity contribution in [1.82, 2.24) is 23.9 Å². The summed E-state index contributed by atoms with van der Waals surface area (Å²) in [6, 6.07) is 13.3. The van der Waals surface area contributed by atoms with Gasteiger partial charge in [0.15, 0.2) is 11.5 Å². The normalized spacial score (nSPS) is 16.0. The summed E-state index contributed by atoms with van der Waals surface area (Å²) in [6.07, 6.45) is 6.59. The van der Waals surface area contributed by atoms with Crippen LogP contribution in [0.25, 0.3) is 16.8 Å². The molecule has 4 aromatic rings. The first-order valence-electron chi connectivity index (χ1n) is 10.0. The van der Waals surface area contributed by atoms with Gasteiger partial charge in [0.1, 0.15) is 10.7 Å². The molecule has 1 aliphatic rings. The molecule has 5 rings (SSSR count). The summed E-state index contributed by atoms with van der Waals surface area (Å²) in [4.78, 5) is 8.41. The third-order valence-corrected chi connectivity index (χ3v) is 7.57. The molecule has 0 spiro atoms. The molecule has 0 bridgehead atoms. The first-order chi connectivity index (χ1) is 15.0. The largest absolute Gasteiger partial charge is 0.265 e. The first-order valence-corrected chi connectivity index (χ1v) is 11.5. The summed E-state index contributed by atoms with van der Waals surface area (Å²) >= 11 is 0.